The summed E-state index contributed by atoms with van der Waals surface area (Å²) in [5, 5.41) is 22.5. The van der Waals surface area contributed by atoms with Crippen LogP contribution in [0.2, 0.25) is 0 Å². The van der Waals surface area contributed by atoms with E-state index < -0.39 is 16.2 Å². The van der Waals surface area contributed by atoms with Crippen LogP contribution in [0.4, 0.5) is 5.69 Å². The summed E-state index contributed by atoms with van der Waals surface area (Å²) in [6.07, 6.45) is 1.01. The van der Waals surface area contributed by atoms with Gasteiger partial charge in [-0.05, 0) is 16.3 Å². The summed E-state index contributed by atoms with van der Waals surface area (Å²) in [4.78, 5) is 39.3. The van der Waals surface area contributed by atoms with Gasteiger partial charge in [-0.1, -0.05) is 42.5 Å². The van der Waals surface area contributed by atoms with Crippen molar-refractivity contribution in [1.29, 1.82) is 5.26 Å². The van der Waals surface area contributed by atoms with E-state index in [0.717, 1.165) is 23.4 Å². The molecule has 1 aliphatic rings. The number of nitrogens with zero attached hydrogens (tertiary/aromatic N) is 5. The molecule has 9 heteroatoms. The predicted molar refractivity (Wildman–Crippen MR) is 118 cm³/mol. The zero-order valence-corrected chi connectivity index (χ0v) is 17.3. The van der Waals surface area contributed by atoms with Gasteiger partial charge in [0.2, 0.25) is 5.91 Å². The maximum absolute atomic E-state index is 12.7. The van der Waals surface area contributed by atoms with Crippen LogP contribution in [0.15, 0.2) is 59.5 Å². The molecule has 0 bridgehead atoms. The lowest BCUT2D eigenvalue weighted by Gasteiger charge is -2.35. The summed E-state index contributed by atoms with van der Waals surface area (Å²) in [5.41, 5.74) is -0.225. The maximum atomic E-state index is 12.7. The zero-order valence-electron chi connectivity index (χ0n) is 17.3. The van der Waals surface area contributed by atoms with Gasteiger partial charge in [0.05, 0.1) is 11.1 Å². The van der Waals surface area contributed by atoms with E-state index in [1.54, 1.807) is 11.0 Å². The quantitative estimate of drug-likeness (QED) is 0.452. The van der Waals surface area contributed by atoms with Crippen molar-refractivity contribution in [2.45, 2.75) is 13.1 Å². The molecule has 1 saturated heterocycles. The van der Waals surface area contributed by atoms with E-state index in [-0.39, 0.29) is 18.0 Å². The topological polar surface area (TPSA) is 112 Å². The molecule has 162 valence electrons. The molecule has 4 rings (SSSR count). The van der Waals surface area contributed by atoms with Crippen molar-refractivity contribution in [2.75, 3.05) is 26.2 Å². The fraction of sp³-hybridized carbons (Fsp3) is 0.261. The third-order valence-electron chi connectivity index (χ3n) is 5.71. The Morgan fingerprint density at radius 3 is 2.53 bits per heavy atom. The second-order valence-electron chi connectivity index (χ2n) is 7.71. The molecule has 1 aromatic heterocycles. The van der Waals surface area contributed by atoms with Crippen molar-refractivity contribution in [2.24, 2.45) is 0 Å². The van der Waals surface area contributed by atoms with E-state index >= 15 is 0 Å². The standard InChI is InChI=1S/C23H21N5O4/c24-13-19-12-20(28(31)32)15-27(23(19)30)16-22(29)26-10-8-25(9-11-26)14-18-6-3-5-17-4-1-2-7-21(17)18/h1-7,12,15H,8-11,14,16H2. The van der Waals surface area contributed by atoms with Crippen molar-refractivity contribution in [1.82, 2.24) is 14.4 Å². The third-order valence-corrected chi connectivity index (χ3v) is 5.71. The second-order valence-corrected chi connectivity index (χ2v) is 7.71. The lowest BCUT2D eigenvalue weighted by molar-refractivity contribution is -0.385. The molecule has 0 atom stereocenters. The summed E-state index contributed by atoms with van der Waals surface area (Å²) in [6, 6.07) is 17.1. The molecule has 0 unspecified atom stereocenters. The second kappa shape index (κ2) is 8.99. The lowest BCUT2D eigenvalue weighted by Crippen LogP contribution is -2.49. The Labute approximate surface area is 183 Å². The Kier molecular flexibility index (Phi) is 5.96. The van der Waals surface area contributed by atoms with Crippen LogP contribution in [0, 0.1) is 21.4 Å². The Bertz CT molecular complexity index is 1280. The smallest absolute Gasteiger partial charge is 0.287 e. The largest absolute Gasteiger partial charge is 0.339 e. The van der Waals surface area contributed by atoms with Crippen LogP contribution in [-0.4, -0.2) is 51.4 Å². The van der Waals surface area contributed by atoms with Crippen molar-refractivity contribution in [3.8, 4) is 6.07 Å². The fourth-order valence-electron chi connectivity index (χ4n) is 3.99. The Morgan fingerprint density at radius 1 is 1.09 bits per heavy atom. The number of piperazine rings is 1. The van der Waals surface area contributed by atoms with Gasteiger partial charge in [0.25, 0.3) is 11.2 Å². The van der Waals surface area contributed by atoms with Crippen molar-refractivity contribution < 1.29 is 9.72 Å². The van der Waals surface area contributed by atoms with Gasteiger partial charge in [0, 0.05) is 38.8 Å². The van der Waals surface area contributed by atoms with Crippen molar-refractivity contribution >= 4 is 22.4 Å². The SMILES string of the molecule is N#Cc1cc([N+](=O)[O-])cn(CC(=O)N2CCN(Cc3cccc4ccccc34)CC2)c1=O. The molecule has 1 fully saturated rings. The van der Waals surface area contributed by atoms with Gasteiger partial charge >= 0.3 is 0 Å². The number of rotatable bonds is 5. The van der Waals surface area contributed by atoms with Gasteiger partial charge < -0.3 is 4.90 Å². The summed E-state index contributed by atoms with van der Waals surface area (Å²) in [6.45, 7) is 2.80. The van der Waals surface area contributed by atoms with Crippen LogP contribution in [-0.2, 0) is 17.9 Å². The van der Waals surface area contributed by atoms with E-state index in [1.807, 2.05) is 18.2 Å². The molecule has 0 aliphatic carbocycles. The minimum absolute atomic E-state index is 0.304. The number of hydrogen-bond acceptors (Lipinski definition) is 6. The van der Waals surface area contributed by atoms with E-state index in [1.165, 1.54) is 16.3 Å². The summed E-state index contributed by atoms with van der Waals surface area (Å²) in [5.74, 6) is -0.304. The molecule has 1 aliphatic heterocycles. The number of aromatic nitrogens is 1. The van der Waals surface area contributed by atoms with E-state index in [2.05, 4.69) is 29.2 Å². The molecule has 1 amide bonds. The highest BCUT2D eigenvalue weighted by atomic mass is 16.6. The molecule has 3 aromatic rings. The van der Waals surface area contributed by atoms with Crippen molar-refractivity contribution in [3.63, 3.8) is 0 Å². The van der Waals surface area contributed by atoms with E-state index in [9.17, 15) is 19.7 Å². The number of benzene rings is 2. The number of hydrogen-bond donors (Lipinski definition) is 0. The minimum atomic E-state index is -0.707. The molecule has 32 heavy (non-hydrogen) atoms. The number of carbonyl (C=O) groups is 1. The average Bonchev–Trinajstić information content (AvgIpc) is 2.81. The third kappa shape index (κ3) is 4.36. The first-order chi connectivity index (χ1) is 15.5. The molecule has 0 N–H and O–H groups in total. The first-order valence-corrected chi connectivity index (χ1v) is 10.2. The van der Waals surface area contributed by atoms with Crippen LogP contribution in [0.1, 0.15) is 11.1 Å². The van der Waals surface area contributed by atoms with E-state index in [4.69, 9.17) is 5.26 Å². The molecule has 0 saturated carbocycles. The number of amides is 1. The van der Waals surface area contributed by atoms with Gasteiger partial charge in [-0.3, -0.25) is 29.2 Å². The van der Waals surface area contributed by atoms with Crippen LogP contribution in [0.3, 0.4) is 0 Å². The number of carbonyl (C=O) groups excluding carboxylic acids is 1. The van der Waals surface area contributed by atoms with Gasteiger partial charge in [0.15, 0.2) is 0 Å². The molecule has 2 aromatic carbocycles. The highest BCUT2D eigenvalue weighted by Crippen LogP contribution is 2.20. The first-order valence-electron chi connectivity index (χ1n) is 10.2. The van der Waals surface area contributed by atoms with Crippen LogP contribution in [0.5, 0.6) is 0 Å². The Balaban J connectivity index is 1.41. The zero-order chi connectivity index (χ0) is 22.7. The molecule has 9 nitrogen and oxygen atoms in total. The van der Waals surface area contributed by atoms with Gasteiger partial charge in [-0.2, -0.15) is 5.26 Å². The first kappa shape index (κ1) is 21.2. The highest BCUT2D eigenvalue weighted by Gasteiger charge is 2.23. The maximum Gasteiger partial charge on any atom is 0.287 e. The number of nitro groups is 1. The summed E-state index contributed by atoms with van der Waals surface area (Å²) < 4.78 is 0.946. The number of pyridine rings is 1. The van der Waals surface area contributed by atoms with Crippen LogP contribution < -0.4 is 5.56 Å². The fourth-order valence-corrected chi connectivity index (χ4v) is 3.99. The molecular formula is C23H21N5O4. The van der Waals surface area contributed by atoms with Crippen LogP contribution >= 0.6 is 0 Å². The van der Waals surface area contributed by atoms with Crippen LogP contribution in [0.25, 0.3) is 10.8 Å². The van der Waals surface area contributed by atoms with E-state index in [0.29, 0.717) is 26.2 Å². The number of nitriles is 1. The monoisotopic (exact) mass is 431 g/mol. The molecular weight excluding hydrogens is 410 g/mol. The molecule has 2 heterocycles. The number of fused-ring (bicyclic) bond motifs is 1. The summed E-state index contributed by atoms with van der Waals surface area (Å²) in [7, 11) is 0. The Hall–Kier alpha value is -4.03. The average molecular weight is 431 g/mol. The highest BCUT2D eigenvalue weighted by molar-refractivity contribution is 5.85. The lowest BCUT2D eigenvalue weighted by atomic mass is 10.0. The molecule has 0 spiro atoms. The summed E-state index contributed by atoms with van der Waals surface area (Å²) >= 11 is 0. The van der Waals surface area contributed by atoms with Gasteiger partial charge in [-0.15, -0.1) is 0 Å². The van der Waals surface area contributed by atoms with Gasteiger partial charge in [-0.25, -0.2) is 0 Å². The van der Waals surface area contributed by atoms with Gasteiger partial charge in [0.1, 0.15) is 18.2 Å². The predicted octanol–water partition coefficient (Wildman–Crippen LogP) is 2.13. The minimum Gasteiger partial charge on any atom is -0.339 e. The Morgan fingerprint density at radius 2 is 1.81 bits per heavy atom. The normalized spacial score (nSPS) is 14.3. The van der Waals surface area contributed by atoms with Crippen molar-refractivity contribution in [3.05, 3.63) is 86.3 Å². The molecule has 0 radical (unpaired) electrons.